The lowest BCUT2D eigenvalue weighted by Gasteiger charge is -2.09. The predicted octanol–water partition coefficient (Wildman–Crippen LogP) is 4.46. The van der Waals surface area contributed by atoms with Gasteiger partial charge < -0.3 is 4.74 Å². The van der Waals surface area contributed by atoms with E-state index in [1.807, 2.05) is 19.1 Å². The smallest absolute Gasteiger partial charge is 0.311 e. The highest BCUT2D eigenvalue weighted by molar-refractivity contribution is 9.10. The number of halogens is 1. The molecule has 0 N–H and O–H groups in total. The first-order chi connectivity index (χ1) is 8.58. The second-order valence-corrected chi connectivity index (χ2v) is 4.65. The van der Waals surface area contributed by atoms with Gasteiger partial charge in [0.2, 0.25) is 5.75 Å². The summed E-state index contributed by atoms with van der Waals surface area (Å²) in [6, 6.07) is 11.9. The highest BCUT2D eigenvalue weighted by atomic mass is 79.9. The topological polar surface area (TPSA) is 52.4 Å². The van der Waals surface area contributed by atoms with Crippen molar-refractivity contribution in [3.05, 3.63) is 62.6 Å². The molecule has 2 aromatic carbocycles. The maximum absolute atomic E-state index is 10.9. The molecule has 5 heteroatoms. The summed E-state index contributed by atoms with van der Waals surface area (Å²) in [6.45, 7) is 1.89. The summed E-state index contributed by atoms with van der Waals surface area (Å²) in [5.74, 6) is 0.836. The van der Waals surface area contributed by atoms with Crippen molar-refractivity contribution in [1.82, 2.24) is 0 Å². The average Bonchev–Trinajstić information content (AvgIpc) is 2.34. The molecule has 2 rings (SSSR count). The molecule has 0 aliphatic carbocycles. The van der Waals surface area contributed by atoms with Crippen molar-refractivity contribution in [3.8, 4) is 11.5 Å². The Hall–Kier alpha value is -1.88. The van der Waals surface area contributed by atoms with Crippen LogP contribution in [0.15, 0.2) is 46.9 Å². The van der Waals surface area contributed by atoms with Crippen molar-refractivity contribution < 1.29 is 9.66 Å². The van der Waals surface area contributed by atoms with E-state index in [2.05, 4.69) is 15.9 Å². The molecule has 0 aliphatic heterocycles. The van der Waals surface area contributed by atoms with E-state index >= 15 is 0 Å². The first-order valence-electron chi connectivity index (χ1n) is 5.25. The van der Waals surface area contributed by atoms with Gasteiger partial charge in [-0.25, -0.2) is 0 Å². The zero-order chi connectivity index (χ0) is 13.1. The highest BCUT2D eigenvalue weighted by Crippen LogP contribution is 2.33. The number of benzene rings is 2. The summed E-state index contributed by atoms with van der Waals surface area (Å²) in [7, 11) is 0. The van der Waals surface area contributed by atoms with Gasteiger partial charge >= 0.3 is 5.69 Å². The van der Waals surface area contributed by atoms with Gasteiger partial charge in [0.15, 0.2) is 0 Å². The second-order valence-electron chi connectivity index (χ2n) is 3.74. The third kappa shape index (κ3) is 2.68. The van der Waals surface area contributed by atoms with Crippen LogP contribution in [0.25, 0.3) is 0 Å². The number of hydrogen-bond acceptors (Lipinski definition) is 3. The molecule has 0 atom stereocenters. The van der Waals surface area contributed by atoms with Crippen LogP contribution in [0.5, 0.6) is 11.5 Å². The molecule has 0 heterocycles. The van der Waals surface area contributed by atoms with Gasteiger partial charge in [-0.3, -0.25) is 10.1 Å². The van der Waals surface area contributed by atoms with Gasteiger partial charge in [0.05, 0.1) is 4.92 Å². The van der Waals surface area contributed by atoms with Gasteiger partial charge in [0.1, 0.15) is 5.75 Å². The molecule has 18 heavy (non-hydrogen) atoms. The third-order valence-corrected chi connectivity index (χ3v) is 2.93. The largest absolute Gasteiger partial charge is 0.450 e. The molecule has 0 aliphatic rings. The van der Waals surface area contributed by atoms with Crippen LogP contribution in [0.4, 0.5) is 5.69 Å². The summed E-state index contributed by atoms with van der Waals surface area (Å²) >= 11 is 3.34. The molecular formula is C13H10BrNO3. The van der Waals surface area contributed by atoms with Crippen molar-refractivity contribution >= 4 is 21.6 Å². The number of para-hydroxylation sites is 2. The van der Waals surface area contributed by atoms with Crippen molar-refractivity contribution in [2.75, 3.05) is 0 Å². The van der Waals surface area contributed by atoms with Crippen LogP contribution in [0.3, 0.4) is 0 Å². The van der Waals surface area contributed by atoms with Gasteiger partial charge in [0.25, 0.3) is 0 Å². The van der Waals surface area contributed by atoms with Gasteiger partial charge in [-0.2, -0.15) is 0 Å². The van der Waals surface area contributed by atoms with Crippen molar-refractivity contribution in [1.29, 1.82) is 0 Å². The summed E-state index contributed by atoms with van der Waals surface area (Å²) in [6.07, 6.45) is 0. The number of nitrogens with zero attached hydrogens (tertiary/aromatic N) is 1. The average molecular weight is 308 g/mol. The van der Waals surface area contributed by atoms with Crippen molar-refractivity contribution in [2.45, 2.75) is 6.92 Å². The molecule has 0 aromatic heterocycles. The van der Waals surface area contributed by atoms with Crippen LogP contribution >= 0.6 is 15.9 Å². The second kappa shape index (κ2) is 5.18. The number of nitro benzene ring substituents is 1. The molecule has 0 saturated heterocycles. The van der Waals surface area contributed by atoms with Crippen LogP contribution in [0.1, 0.15) is 5.56 Å². The van der Waals surface area contributed by atoms with Crippen LogP contribution in [0.2, 0.25) is 0 Å². The van der Waals surface area contributed by atoms with Crippen molar-refractivity contribution in [3.63, 3.8) is 0 Å². The third-order valence-electron chi connectivity index (χ3n) is 2.43. The summed E-state index contributed by atoms with van der Waals surface area (Å²) in [5, 5.41) is 10.9. The number of ether oxygens (including phenoxy) is 1. The Morgan fingerprint density at radius 3 is 2.61 bits per heavy atom. The molecule has 2 aromatic rings. The standard InChI is InChI=1S/C13H10BrNO3/c1-9-6-7-10(14)8-13(9)18-12-5-3-2-4-11(12)15(16)17/h2-8H,1H3. The zero-order valence-corrected chi connectivity index (χ0v) is 11.2. The van der Waals surface area contributed by atoms with E-state index in [1.165, 1.54) is 6.07 Å². The minimum Gasteiger partial charge on any atom is -0.450 e. The van der Waals surface area contributed by atoms with E-state index in [1.54, 1.807) is 24.3 Å². The molecule has 0 amide bonds. The molecule has 0 spiro atoms. The van der Waals surface area contributed by atoms with E-state index in [4.69, 9.17) is 4.74 Å². The molecule has 4 nitrogen and oxygen atoms in total. The van der Waals surface area contributed by atoms with Crippen LogP contribution < -0.4 is 4.74 Å². The van der Waals surface area contributed by atoms with Gasteiger partial charge in [0, 0.05) is 10.5 Å². The van der Waals surface area contributed by atoms with E-state index in [9.17, 15) is 10.1 Å². The fourth-order valence-electron chi connectivity index (χ4n) is 1.50. The Balaban J connectivity index is 2.40. The van der Waals surface area contributed by atoms with Crippen molar-refractivity contribution in [2.24, 2.45) is 0 Å². The Morgan fingerprint density at radius 1 is 1.17 bits per heavy atom. The summed E-state index contributed by atoms with van der Waals surface area (Å²) in [5.41, 5.74) is 0.869. The Morgan fingerprint density at radius 2 is 1.89 bits per heavy atom. The number of aryl methyl sites for hydroxylation is 1. The zero-order valence-electron chi connectivity index (χ0n) is 9.59. The fourth-order valence-corrected chi connectivity index (χ4v) is 1.84. The lowest BCUT2D eigenvalue weighted by atomic mass is 10.2. The van der Waals surface area contributed by atoms with E-state index in [0.717, 1.165) is 10.0 Å². The normalized spacial score (nSPS) is 10.1. The molecule has 0 unspecified atom stereocenters. The van der Waals surface area contributed by atoms with E-state index in [0.29, 0.717) is 5.75 Å². The van der Waals surface area contributed by atoms with Crippen LogP contribution in [-0.4, -0.2) is 4.92 Å². The molecule has 0 fully saturated rings. The lowest BCUT2D eigenvalue weighted by molar-refractivity contribution is -0.385. The minimum absolute atomic E-state index is 0.0446. The molecule has 0 radical (unpaired) electrons. The lowest BCUT2D eigenvalue weighted by Crippen LogP contribution is -1.94. The summed E-state index contributed by atoms with van der Waals surface area (Å²) < 4.78 is 6.47. The predicted molar refractivity (Wildman–Crippen MR) is 72.0 cm³/mol. The van der Waals surface area contributed by atoms with Gasteiger partial charge in [-0.15, -0.1) is 0 Å². The highest BCUT2D eigenvalue weighted by Gasteiger charge is 2.15. The molecule has 0 bridgehead atoms. The molecule has 92 valence electrons. The number of hydrogen-bond donors (Lipinski definition) is 0. The number of rotatable bonds is 3. The molecule has 0 saturated carbocycles. The number of nitro groups is 1. The maximum atomic E-state index is 10.9. The van der Waals surface area contributed by atoms with Gasteiger partial charge in [-0.1, -0.05) is 34.1 Å². The Labute approximate surface area is 112 Å². The quantitative estimate of drug-likeness (QED) is 0.621. The fraction of sp³-hybridized carbons (Fsp3) is 0.0769. The van der Waals surface area contributed by atoms with Gasteiger partial charge in [-0.05, 0) is 30.7 Å². The minimum atomic E-state index is -0.456. The molecular weight excluding hydrogens is 298 g/mol. The summed E-state index contributed by atoms with van der Waals surface area (Å²) in [4.78, 5) is 10.4. The van der Waals surface area contributed by atoms with E-state index in [-0.39, 0.29) is 11.4 Å². The first kappa shape index (κ1) is 12.6. The van der Waals surface area contributed by atoms with E-state index < -0.39 is 4.92 Å². The SMILES string of the molecule is Cc1ccc(Br)cc1Oc1ccccc1[N+](=O)[O-]. The Kier molecular flexibility index (Phi) is 3.62. The first-order valence-corrected chi connectivity index (χ1v) is 6.04. The monoisotopic (exact) mass is 307 g/mol. The maximum Gasteiger partial charge on any atom is 0.311 e. The van der Waals surface area contributed by atoms with Crippen LogP contribution in [-0.2, 0) is 0 Å². The van der Waals surface area contributed by atoms with Crippen LogP contribution in [0, 0.1) is 17.0 Å². The Bertz CT molecular complexity index is 599.